The first-order valence-corrected chi connectivity index (χ1v) is 6.34. The van der Waals surface area contributed by atoms with Gasteiger partial charge in [0, 0.05) is 19.6 Å². The number of urea groups is 1. The van der Waals surface area contributed by atoms with Crippen LogP contribution < -0.4 is 0 Å². The lowest BCUT2D eigenvalue weighted by Gasteiger charge is -2.26. The third-order valence-electron chi connectivity index (χ3n) is 2.82. The molecule has 0 spiro atoms. The number of hydrogen-bond acceptors (Lipinski definition) is 4. The number of aliphatic carboxylic acids is 1. The summed E-state index contributed by atoms with van der Waals surface area (Å²) in [5, 5.41) is 8.79. The highest BCUT2D eigenvalue weighted by atomic mass is 16.5. The van der Waals surface area contributed by atoms with E-state index in [0.29, 0.717) is 6.61 Å². The first-order valence-electron chi connectivity index (χ1n) is 6.34. The molecule has 0 aromatic carbocycles. The lowest BCUT2D eigenvalue weighted by atomic mass is 10.4. The number of carbonyl (C=O) groups excluding carboxylic acids is 2. The minimum Gasteiger partial charge on any atom is -0.480 e. The van der Waals surface area contributed by atoms with E-state index >= 15 is 0 Å². The molecule has 0 aromatic heterocycles. The number of carboxylic acid groups (broad SMARTS) is 1. The number of amides is 2. The molecule has 0 bridgehead atoms. The van der Waals surface area contributed by atoms with Gasteiger partial charge in [0.25, 0.3) is 0 Å². The van der Waals surface area contributed by atoms with E-state index in [2.05, 4.69) is 0 Å². The number of ether oxygens (including phenoxy) is 1. The first kappa shape index (κ1) is 15.3. The highest BCUT2D eigenvalue weighted by Crippen LogP contribution is 2.27. The molecule has 0 radical (unpaired) electrons. The Kier molecular flexibility index (Phi) is 5.59. The fraction of sp³-hybridized carbons (Fsp3) is 0.750. The molecule has 0 aromatic rings. The quantitative estimate of drug-likeness (QED) is 0.683. The van der Waals surface area contributed by atoms with Gasteiger partial charge >= 0.3 is 18.0 Å². The highest BCUT2D eigenvalue weighted by molar-refractivity contribution is 5.81. The third-order valence-corrected chi connectivity index (χ3v) is 2.82. The molecule has 0 unspecified atom stereocenters. The molecule has 1 rings (SSSR count). The van der Waals surface area contributed by atoms with Gasteiger partial charge in [-0.2, -0.15) is 0 Å². The molecule has 1 fully saturated rings. The molecule has 1 aliphatic rings. The summed E-state index contributed by atoms with van der Waals surface area (Å²) < 4.78 is 4.77. The summed E-state index contributed by atoms with van der Waals surface area (Å²) >= 11 is 0. The Hall–Kier alpha value is -1.79. The second-order valence-corrected chi connectivity index (χ2v) is 4.51. The van der Waals surface area contributed by atoms with Crippen LogP contribution in [0.15, 0.2) is 0 Å². The van der Waals surface area contributed by atoms with E-state index in [-0.39, 0.29) is 37.6 Å². The Labute approximate surface area is 112 Å². The Bertz CT molecular complexity index is 354. The topological polar surface area (TPSA) is 87.2 Å². The van der Waals surface area contributed by atoms with Crippen molar-refractivity contribution in [1.82, 2.24) is 9.80 Å². The molecule has 108 valence electrons. The fourth-order valence-electron chi connectivity index (χ4n) is 1.69. The van der Waals surface area contributed by atoms with Crippen molar-refractivity contribution in [1.29, 1.82) is 0 Å². The predicted octanol–water partition coefficient (Wildman–Crippen LogP) is 0.540. The van der Waals surface area contributed by atoms with Crippen LogP contribution in [-0.2, 0) is 14.3 Å². The summed E-state index contributed by atoms with van der Waals surface area (Å²) in [6, 6.07) is -0.331. The Morgan fingerprint density at radius 1 is 1.32 bits per heavy atom. The molecule has 1 aliphatic carbocycles. The van der Waals surface area contributed by atoms with E-state index in [1.807, 2.05) is 0 Å². The normalized spacial score (nSPS) is 13.8. The van der Waals surface area contributed by atoms with Crippen LogP contribution in [0.25, 0.3) is 0 Å². The summed E-state index contributed by atoms with van der Waals surface area (Å²) in [5.74, 6) is -1.39. The van der Waals surface area contributed by atoms with Crippen LogP contribution in [0.4, 0.5) is 4.79 Å². The minimum absolute atomic E-state index is 0.0219. The molecule has 0 saturated heterocycles. The average Bonchev–Trinajstić information content (AvgIpc) is 3.16. The smallest absolute Gasteiger partial charge is 0.323 e. The largest absolute Gasteiger partial charge is 0.480 e. The second kappa shape index (κ2) is 6.96. The van der Waals surface area contributed by atoms with E-state index in [1.165, 1.54) is 9.80 Å². The number of carbonyl (C=O) groups is 3. The van der Waals surface area contributed by atoms with Crippen LogP contribution in [0.1, 0.15) is 26.2 Å². The van der Waals surface area contributed by atoms with E-state index in [1.54, 1.807) is 14.0 Å². The number of esters is 1. The van der Waals surface area contributed by atoms with Crippen LogP contribution in [-0.4, -0.2) is 65.7 Å². The highest BCUT2D eigenvalue weighted by Gasteiger charge is 2.35. The fourth-order valence-corrected chi connectivity index (χ4v) is 1.69. The van der Waals surface area contributed by atoms with Crippen molar-refractivity contribution in [3.8, 4) is 0 Å². The maximum absolute atomic E-state index is 12.1. The van der Waals surface area contributed by atoms with Crippen LogP contribution in [0.2, 0.25) is 0 Å². The van der Waals surface area contributed by atoms with Crippen LogP contribution >= 0.6 is 0 Å². The molecule has 0 heterocycles. The Balaban J connectivity index is 2.44. The van der Waals surface area contributed by atoms with Gasteiger partial charge in [0.2, 0.25) is 0 Å². The lowest BCUT2D eigenvalue weighted by Crippen LogP contribution is -2.45. The Morgan fingerprint density at radius 3 is 2.42 bits per heavy atom. The van der Waals surface area contributed by atoms with Crippen molar-refractivity contribution in [3.05, 3.63) is 0 Å². The summed E-state index contributed by atoms with van der Waals surface area (Å²) in [7, 11) is 1.55. The third kappa shape index (κ3) is 5.15. The predicted molar refractivity (Wildman–Crippen MR) is 66.6 cm³/mol. The molecule has 0 aliphatic heterocycles. The number of hydrogen-bond donors (Lipinski definition) is 1. The monoisotopic (exact) mass is 272 g/mol. The number of carboxylic acids is 1. The molecule has 0 atom stereocenters. The molecular formula is C12H20N2O5. The van der Waals surface area contributed by atoms with Crippen molar-refractivity contribution in [2.75, 3.05) is 26.7 Å². The summed E-state index contributed by atoms with van der Waals surface area (Å²) in [6.07, 6.45) is 1.79. The van der Waals surface area contributed by atoms with Crippen molar-refractivity contribution in [2.24, 2.45) is 0 Å². The van der Waals surface area contributed by atoms with Gasteiger partial charge in [-0.3, -0.25) is 9.59 Å². The molecule has 1 saturated carbocycles. The zero-order valence-electron chi connectivity index (χ0n) is 11.3. The summed E-state index contributed by atoms with van der Waals surface area (Å²) in [6.45, 7) is 1.95. The maximum Gasteiger partial charge on any atom is 0.323 e. The van der Waals surface area contributed by atoms with Crippen LogP contribution in [0.3, 0.4) is 0 Å². The van der Waals surface area contributed by atoms with Gasteiger partial charge in [-0.15, -0.1) is 0 Å². The van der Waals surface area contributed by atoms with Crippen LogP contribution in [0, 0.1) is 0 Å². The van der Waals surface area contributed by atoms with Gasteiger partial charge in [0.15, 0.2) is 0 Å². The zero-order chi connectivity index (χ0) is 14.4. The minimum atomic E-state index is -1.03. The van der Waals surface area contributed by atoms with E-state index in [9.17, 15) is 14.4 Å². The maximum atomic E-state index is 12.1. The van der Waals surface area contributed by atoms with Gasteiger partial charge in [-0.25, -0.2) is 4.79 Å². The van der Waals surface area contributed by atoms with Gasteiger partial charge in [0.05, 0.1) is 13.0 Å². The zero-order valence-corrected chi connectivity index (χ0v) is 11.3. The SMILES string of the molecule is CCOC(=O)CCN(C)C(=O)N(CC(=O)O)C1CC1. The molecule has 1 N–H and O–H groups in total. The summed E-state index contributed by atoms with van der Waals surface area (Å²) in [4.78, 5) is 36.7. The van der Waals surface area contributed by atoms with E-state index in [0.717, 1.165) is 12.8 Å². The summed E-state index contributed by atoms with van der Waals surface area (Å²) in [5.41, 5.74) is 0. The molecule has 2 amide bonds. The standard InChI is InChI=1S/C12H20N2O5/c1-3-19-11(17)6-7-13(2)12(18)14(8-10(15)16)9-4-5-9/h9H,3-8H2,1-2H3,(H,15,16). The molecule has 19 heavy (non-hydrogen) atoms. The first-order chi connectivity index (χ1) is 8.95. The van der Waals surface area contributed by atoms with Gasteiger partial charge in [-0.05, 0) is 19.8 Å². The molecular weight excluding hydrogens is 252 g/mol. The number of rotatable bonds is 7. The second-order valence-electron chi connectivity index (χ2n) is 4.51. The van der Waals surface area contributed by atoms with Crippen molar-refractivity contribution < 1.29 is 24.2 Å². The van der Waals surface area contributed by atoms with Gasteiger partial charge in [0.1, 0.15) is 6.54 Å². The van der Waals surface area contributed by atoms with E-state index in [4.69, 9.17) is 9.84 Å². The van der Waals surface area contributed by atoms with Gasteiger partial charge < -0.3 is 19.6 Å². The average molecular weight is 272 g/mol. The van der Waals surface area contributed by atoms with Crippen LogP contribution in [0.5, 0.6) is 0 Å². The Morgan fingerprint density at radius 2 is 1.95 bits per heavy atom. The van der Waals surface area contributed by atoms with E-state index < -0.39 is 5.97 Å². The lowest BCUT2D eigenvalue weighted by molar-refractivity contribution is -0.143. The number of nitrogens with zero attached hydrogens (tertiary/aromatic N) is 2. The van der Waals surface area contributed by atoms with Gasteiger partial charge in [-0.1, -0.05) is 0 Å². The van der Waals surface area contributed by atoms with Crippen molar-refractivity contribution in [2.45, 2.75) is 32.2 Å². The molecule has 7 heteroatoms. The molecule has 7 nitrogen and oxygen atoms in total. The van der Waals surface area contributed by atoms with Crippen molar-refractivity contribution in [3.63, 3.8) is 0 Å². The van der Waals surface area contributed by atoms with Crippen molar-refractivity contribution >= 4 is 18.0 Å².